The maximum absolute atomic E-state index is 12.6. The molecule has 0 saturated heterocycles. The van der Waals surface area contributed by atoms with Gasteiger partial charge < -0.3 is 4.90 Å². The van der Waals surface area contributed by atoms with Gasteiger partial charge in [-0.15, -0.1) is 0 Å². The van der Waals surface area contributed by atoms with E-state index in [1.165, 1.54) is 0 Å². The maximum atomic E-state index is 12.6. The van der Waals surface area contributed by atoms with Crippen LogP contribution < -0.4 is 4.90 Å². The fourth-order valence-electron chi connectivity index (χ4n) is 2.91. The molecule has 0 fully saturated rings. The number of carbonyl (C=O) groups is 1. The van der Waals surface area contributed by atoms with E-state index in [9.17, 15) is 4.79 Å². The molecule has 0 aliphatic rings. The molecule has 1 atom stereocenters. The highest BCUT2D eigenvalue weighted by atomic mass is 16.1. The van der Waals surface area contributed by atoms with E-state index in [0.717, 1.165) is 30.8 Å². The van der Waals surface area contributed by atoms with Crippen molar-refractivity contribution in [2.75, 3.05) is 18.0 Å². The summed E-state index contributed by atoms with van der Waals surface area (Å²) >= 11 is 0. The van der Waals surface area contributed by atoms with Crippen LogP contribution in [0.4, 0.5) is 5.69 Å². The summed E-state index contributed by atoms with van der Waals surface area (Å²) in [6.07, 6.45) is 0.906. The quantitative estimate of drug-likeness (QED) is 0.510. The lowest BCUT2D eigenvalue weighted by Crippen LogP contribution is -2.21. The highest BCUT2D eigenvalue weighted by Crippen LogP contribution is 2.22. The van der Waals surface area contributed by atoms with Crippen LogP contribution >= 0.6 is 0 Å². The molecule has 0 spiro atoms. The van der Waals surface area contributed by atoms with Crippen molar-refractivity contribution in [2.45, 2.75) is 33.2 Å². The topological polar surface area (TPSA) is 32.7 Å². The van der Waals surface area contributed by atoms with Gasteiger partial charge in [0.15, 0.2) is 5.78 Å². The van der Waals surface area contributed by atoms with Gasteiger partial charge in [0.05, 0.1) is 6.04 Å². The van der Waals surface area contributed by atoms with E-state index in [-0.39, 0.29) is 11.8 Å². The second kappa shape index (κ2) is 8.44. The molecule has 0 aliphatic heterocycles. The average Bonchev–Trinajstić information content (AvgIpc) is 2.64. The molecule has 126 valence electrons. The van der Waals surface area contributed by atoms with Crippen LogP contribution in [0.15, 0.2) is 53.5 Å². The third kappa shape index (κ3) is 3.91. The summed E-state index contributed by atoms with van der Waals surface area (Å²) in [6.45, 7) is 11.9. The summed E-state index contributed by atoms with van der Waals surface area (Å²) in [5.41, 5.74) is 3.66. The molecule has 0 aliphatic carbocycles. The van der Waals surface area contributed by atoms with Crippen LogP contribution in [-0.2, 0) is 0 Å². The van der Waals surface area contributed by atoms with E-state index in [2.05, 4.69) is 37.4 Å². The van der Waals surface area contributed by atoms with Crippen LogP contribution in [-0.4, -0.2) is 25.6 Å². The molecule has 2 aromatic rings. The Morgan fingerprint density at radius 3 is 1.88 bits per heavy atom. The van der Waals surface area contributed by atoms with Crippen molar-refractivity contribution in [3.05, 3.63) is 65.2 Å². The van der Waals surface area contributed by atoms with E-state index in [1.54, 1.807) is 0 Å². The second-order valence-electron chi connectivity index (χ2n) is 5.78. The standard InChI is InChI=1S/C21H26N2O/c1-5-20(22-4)16-8-10-17(11-9-16)21(24)18-12-14-19(15-13-18)23(6-2)7-3/h8-15,20H,4-7H2,1-3H3. The van der Waals surface area contributed by atoms with Gasteiger partial charge in [-0.3, -0.25) is 9.79 Å². The highest BCUT2D eigenvalue weighted by molar-refractivity contribution is 6.09. The Morgan fingerprint density at radius 2 is 1.46 bits per heavy atom. The van der Waals surface area contributed by atoms with Gasteiger partial charge in [0.1, 0.15) is 0 Å². The Hall–Kier alpha value is -2.42. The lowest BCUT2D eigenvalue weighted by molar-refractivity contribution is 0.103. The molecular weight excluding hydrogens is 296 g/mol. The molecule has 3 heteroatoms. The van der Waals surface area contributed by atoms with Crippen LogP contribution in [0.1, 0.15) is 54.7 Å². The second-order valence-corrected chi connectivity index (χ2v) is 5.78. The largest absolute Gasteiger partial charge is 0.372 e. The van der Waals surface area contributed by atoms with Crippen LogP contribution in [0.3, 0.4) is 0 Å². The molecule has 24 heavy (non-hydrogen) atoms. The Kier molecular flexibility index (Phi) is 6.30. The molecule has 0 bridgehead atoms. The van der Waals surface area contributed by atoms with Gasteiger partial charge in [-0.2, -0.15) is 0 Å². The summed E-state index contributed by atoms with van der Waals surface area (Å²) in [5, 5.41) is 0. The summed E-state index contributed by atoms with van der Waals surface area (Å²) < 4.78 is 0. The van der Waals surface area contributed by atoms with Crippen molar-refractivity contribution in [3.63, 3.8) is 0 Å². The van der Waals surface area contributed by atoms with E-state index in [4.69, 9.17) is 0 Å². The highest BCUT2D eigenvalue weighted by Gasteiger charge is 2.12. The zero-order valence-electron chi connectivity index (χ0n) is 14.8. The molecule has 0 heterocycles. The lowest BCUT2D eigenvalue weighted by Gasteiger charge is -2.21. The monoisotopic (exact) mass is 322 g/mol. The molecule has 1 unspecified atom stereocenters. The number of anilines is 1. The SMILES string of the molecule is C=NC(CC)c1ccc(C(=O)c2ccc(N(CC)CC)cc2)cc1. The zero-order chi connectivity index (χ0) is 17.5. The minimum absolute atomic E-state index is 0.0484. The summed E-state index contributed by atoms with van der Waals surface area (Å²) in [4.78, 5) is 19.0. The third-order valence-electron chi connectivity index (χ3n) is 4.42. The Balaban J connectivity index is 2.18. The van der Waals surface area contributed by atoms with E-state index in [1.807, 2.05) is 48.5 Å². The fourth-order valence-corrected chi connectivity index (χ4v) is 2.91. The molecular formula is C21H26N2O. The first-order chi connectivity index (χ1) is 11.6. The van der Waals surface area contributed by atoms with Crippen molar-refractivity contribution in [2.24, 2.45) is 4.99 Å². The molecule has 2 rings (SSSR count). The van der Waals surface area contributed by atoms with E-state index < -0.39 is 0 Å². The first-order valence-corrected chi connectivity index (χ1v) is 8.60. The summed E-state index contributed by atoms with van der Waals surface area (Å²) in [5.74, 6) is 0.0484. The normalized spacial score (nSPS) is 11.8. The average molecular weight is 322 g/mol. The lowest BCUT2D eigenvalue weighted by atomic mass is 9.99. The van der Waals surface area contributed by atoms with Gasteiger partial charge in [-0.05, 0) is 56.8 Å². The number of carbonyl (C=O) groups excluding carboxylic acids is 1. The number of rotatable bonds is 8. The molecule has 0 saturated carbocycles. The van der Waals surface area contributed by atoms with Crippen LogP contribution in [0.5, 0.6) is 0 Å². The number of benzene rings is 2. The van der Waals surface area contributed by atoms with Crippen molar-refractivity contribution < 1.29 is 4.79 Å². The molecule has 0 radical (unpaired) electrons. The minimum Gasteiger partial charge on any atom is -0.372 e. The van der Waals surface area contributed by atoms with Crippen LogP contribution in [0, 0.1) is 0 Å². The molecule has 0 aromatic heterocycles. The van der Waals surface area contributed by atoms with Gasteiger partial charge >= 0.3 is 0 Å². The number of hydrogen-bond acceptors (Lipinski definition) is 3. The zero-order valence-corrected chi connectivity index (χ0v) is 14.8. The summed E-state index contributed by atoms with van der Waals surface area (Å²) in [7, 11) is 0. The number of nitrogens with zero attached hydrogens (tertiary/aromatic N) is 2. The van der Waals surface area contributed by atoms with Gasteiger partial charge in [-0.25, -0.2) is 0 Å². The maximum Gasteiger partial charge on any atom is 0.193 e. The molecule has 2 aromatic carbocycles. The van der Waals surface area contributed by atoms with Crippen LogP contribution in [0.25, 0.3) is 0 Å². The minimum atomic E-state index is 0.0484. The molecule has 3 nitrogen and oxygen atoms in total. The Labute approximate surface area is 145 Å². The number of hydrogen-bond donors (Lipinski definition) is 0. The number of aliphatic imine (C=N–C) groups is 1. The smallest absolute Gasteiger partial charge is 0.193 e. The first kappa shape index (κ1) is 17.9. The molecule has 0 N–H and O–H groups in total. The van der Waals surface area contributed by atoms with Crippen molar-refractivity contribution in [1.29, 1.82) is 0 Å². The molecule has 0 amide bonds. The predicted octanol–water partition coefficient (Wildman–Crippen LogP) is 4.92. The first-order valence-electron chi connectivity index (χ1n) is 8.60. The van der Waals surface area contributed by atoms with Crippen LogP contribution in [0.2, 0.25) is 0 Å². The predicted molar refractivity (Wildman–Crippen MR) is 102 cm³/mol. The Morgan fingerprint density at radius 1 is 0.958 bits per heavy atom. The van der Waals surface area contributed by atoms with E-state index in [0.29, 0.717) is 11.1 Å². The van der Waals surface area contributed by atoms with Crippen molar-refractivity contribution in [1.82, 2.24) is 0 Å². The van der Waals surface area contributed by atoms with Crippen molar-refractivity contribution >= 4 is 18.2 Å². The Bertz CT molecular complexity index is 670. The summed E-state index contributed by atoms with van der Waals surface area (Å²) in [6, 6.07) is 15.7. The van der Waals surface area contributed by atoms with Gasteiger partial charge in [0.25, 0.3) is 0 Å². The van der Waals surface area contributed by atoms with Gasteiger partial charge in [0.2, 0.25) is 0 Å². The number of ketones is 1. The fraction of sp³-hybridized carbons (Fsp3) is 0.333. The van der Waals surface area contributed by atoms with Gasteiger partial charge in [0, 0.05) is 29.9 Å². The van der Waals surface area contributed by atoms with Crippen molar-refractivity contribution in [3.8, 4) is 0 Å². The van der Waals surface area contributed by atoms with E-state index >= 15 is 0 Å². The third-order valence-corrected chi connectivity index (χ3v) is 4.42. The van der Waals surface area contributed by atoms with Gasteiger partial charge in [-0.1, -0.05) is 31.2 Å².